The van der Waals surface area contributed by atoms with Crippen molar-refractivity contribution in [1.82, 2.24) is 35.1 Å². The summed E-state index contributed by atoms with van der Waals surface area (Å²) >= 11 is 0. The van der Waals surface area contributed by atoms with E-state index < -0.39 is 0 Å². The molecule has 1 N–H and O–H groups in total. The quantitative estimate of drug-likeness (QED) is 0.494. The average molecular weight is 443 g/mol. The highest BCUT2D eigenvalue weighted by Crippen LogP contribution is 2.25. The SMILES string of the molecule is C1=NN(CCN2CCOCC2)CC1c1ccc(-n2cc(-c3n[nH]c4ccccc34)nn2)cc1. The Hall–Kier alpha value is -3.56. The second-order valence-corrected chi connectivity index (χ2v) is 8.50. The van der Waals surface area contributed by atoms with Crippen LogP contribution in [0.3, 0.4) is 0 Å². The zero-order valence-corrected chi connectivity index (χ0v) is 18.3. The molecule has 1 unspecified atom stereocenters. The van der Waals surface area contributed by atoms with Crippen molar-refractivity contribution in [3.8, 4) is 17.1 Å². The minimum absolute atomic E-state index is 0.311. The summed E-state index contributed by atoms with van der Waals surface area (Å²) in [6.07, 6.45) is 3.98. The first-order valence-corrected chi connectivity index (χ1v) is 11.4. The molecule has 9 nitrogen and oxygen atoms in total. The van der Waals surface area contributed by atoms with Gasteiger partial charge >= 0.3 is 0 Å². The number of aromatic amines is 1. The van der Waals surface area contributed by atoms with Gasteiger partial charge in [-0.05, 0) is 23.8 Å². The summed E-state index contributed by atoms with van der Waals surface area (Å²) in [5.41, 5.74) is 4.78. The first-order valence-electron chi connectivity index (χ1n) is 11.4. The molecule has 0 saturated carbocycles. The molecule has 9 heteroatoms. The van der Waals surface area contributed by atoms with Gasteiger partial charge in [0.2, 0.25) is 0 Å². The van der Waals surface area contributed by atoms with E-state index in [4.69, 9.17) is 4.74 Å². The molecule has 2 aliphatic rings. The monoisotopic (exact) mass is 442 g/mol. The van der Waals surface area contributed by atoms with Crippen molar-refractivity contribution in [2.24, 2.45) is 5.10 Å². The van der Waals surface area contributed by atoms with E-state index in [9.17, 15) is 0 Å². The summed E-state index contributed by atoms with van der Waals surface area (Å²) in [7, 11) is 0. The number of ether oxygens (including phenoxy) is 1. The standard InChI is InChI=1S/C24H26N8O/c1-2-4-22-21(3-1)24(28-26-22)23-17-32(29-27-23)20-7-5-18(6-8-20)19-15-25-31(16-19)10-9-30-11-13-33-14-12-30/h1-8,15,17,19H,9-14,16H2,(H,26,28). The zero-order chi connectivity index (χ0) is 22.0. The lowest BCUT2D eigenvalue weighted by Crippen LogP contribution is -2.40. The molecule has 0 spiro atoms. The first-order chi connectivity index (χ1) is 16.3. The van der Waals surface area contributed by atoms with Crippen molar-refractivity contribution in [2.45, 2.75) is 5.92 Å². The van der Waals surface area contributed by atoms with Gasteiger partial charge in [-0.15, -0.1) is 5.10 Å². The van der Waals surface area contributed by atoms with Gasteiger partial charge in [0.15, 0.2) is 0 Å². The van der Waals surface area contributed by atoms with Gasteiger partial charge in [0.05, 0.1) is 30.6 Å². The van der Waals surface area contributed by atoms with Gasteiger partial charge in [-0.1, -0.05) is 35.5 Å². The van der Waals surface area contributed by atoms with Crippen LogP contribution in [0.15, 0.2) is 59.8 Å². The van der Waals surface area contributed by atoms with Gasteiger partial charge in [-0.3, -0.25) is 15.0 Å². The van der Waals surface area contributed by atoms with E-state index in [0.717, 1.165) is 73.9 Å². The molecule has 2 aromatic carbocycles. The lowest BCUT2D eigenvalue weighted by Gasteiger charge is -2.28. The molecular formula is C24H26N8O. The Morgan fingerprint density at radius 3 is 2.73 bits per heavy atom. The number of aromatic nitrogens is 5. The molecule has 4 aromatic rings. The van der Waals surface area contributed by atoms with Crippen LogP contribution in [0.1, 0.15) is 11.5 Å². The molecule has 1 fully saturated rings. The predicted octanol–water partition coefficient (Wildman–Crippen LogP) is 2.53. The van der Waals surface area contributed by atoms with Gasteiger partial charge in [-0.2, -0.15) is 10.2 Å². The summed E-state index contributed by atoms with van der Waals surface area (Å²) in [6, 6.07) is 16.5. The van der Waals surface area contributed by atoms with Crippen molar-refractivity contribution in [3.63, 3.8) is 0 Å². The third kappa shape index (κ3) is 4.12. The minimum atomic E-state index is 0.311. The Labute approximate surface area is 191 Å². The number of H-pyrrole nitrogens is 1. The summed E-state index contributed by atoms with van der Waals surface area (Å²) in [5, 5.41) is 24.0. The van der Waals surface area contributed by atoms with Gasteiger partial charge in [0, 0.05) is 50.2 Å². The summed E-state index contributed by atoms with van der Waals surface area (Å²) < 4.78 is 7.22. The van der Waals surface area contributed by atoms with Gasteiger partial charge in [0.1, 0.15) is 11.4 Å². The molecular weight excluding hydrogens is 416 g/mol. The van der Waals surface area contributed by atoms with Crippen LogP contribution in [0.25, 0.3) is 28.0 Å². The van der Waals surface area contributed by atoms with Crippen LogP contribution in [-0.2, 0) is 4.74 Å². The summed E-state index contributed by atoms with van der Waals surface area (Å²) in [5.74, 6) is 0.311. The summed E-state index contributed by atoms with van der Waals surface area (Å²) in [4.78, 5) is 2.44. The highest BCUT2D eigenvalue weighted by atomic mass is 16.5. The fourth-order valence-electron chi connectivity index (χ4n) is 4.45. The van der Waals surface area contributed by atoms with Crippen molar-refractivity contribution in [2.75, 3.05) is 45.9 Å². The maximum absolute atomic E-state index is 5.43. The van der Waals surface area contributed by atoms with Gasteiger partial charge in [0.25, 0.3) is 0 Å². The zero-order valence-electron chi connectivity index (χ0n) is 18.3. The Morgan fingerprint density at radius 1 is 1.00 bits per heavy atom. The number of hydrazone groups is 1. The number of rotatable bonds is 6. The molecule has 168 valence electrons. The van der Waals surface area contributed by atoms with E-state index in [2.05, 4.69) is 66.0 Å². The van der Waals surface area contributed by atoms with Crippen LogP contribution in [-0.4, -0.2) is 87.3 Å². The number of hydrogen-bond acceptors (Lipinski definition) is 7. The van der Waals surface area contributed by atoms with E-state index in [1.54, 1.807) is 4.68 Å². The number of hydrogen-bond donors (Lipinski definition) is 1. The number of nitrogens with one attached hydrogen (secondary N) is 1. The van der Waals surface area contributed by atoms with Crippen LogP contribution in [0.4, 0.5) is 0 Å². The Kier molecular flexibility index (Phi) is 5.33. The van der Waals surface area contributed by atoms with Gasteiger partial charge in [-0.25, -0.2) is 4.68 Å². The third-order valence-corrected chi connectivity index (χ3v) is 6.39. The van der Waals surface area contributed by atoms with Crippen LogP contribution < -0.4 is 0 Å². The molecule has 0 amide bonds. The third-order valence-electron chi connectivity index (χ3n) is 6.39. The molecule has 1 atom stereocenters. The number of fused-ring (bicyclic) bond motifs is 1. The highest BCUT2D eigenvalue weighted by Gasteiger charge is 2.21. The Morgan fingerprint density at radius 2 is 1.85 bits per heavy atom. The molecule has 33 heavy (non-hydrogen) atoms. The van der Waals surface area contributed by atoms with E-state index in [0.29, 0.717) is 5.92 Å². The lowest BCUT2D eigenvalue weighted by atomic mass is 10.0. The molecule has 2 aliphatic heterocycles. The van der Waals surface area contributed by atoms with Crippen LogP contribution >= 0.6 is 0 Å². The van der Waals surface area contributed by atoms with E-state index in [1.807, 2.05) is 30.5 Å². The van der Waals surface area contributed by atoms with Crippen molar-refractivity contribution < 1.29 is 4.74 Å². The fraction of sp³-hybridized carbons (Fsp3) is 0.333. The Bertz CT molecular complexity index is 1250. The van der Waals surface area contributed by atoms with Crippen LogP contribution in [0.2, 0.25) is 0 Å². The molecule has 2 aromatic heterocycles. The largest absolute Gasteiger partial charge is 0.379 e. The maximum atomic E-state index is 5.43. The maximum Gasteiger partial charge on any atom is 0.134 e. The molecule has 1 saturated heterocycles. The van der Waals surface area contributed by atoms with E-state index in [-0.39, 0.29) is 0 Å². The topological polar surface area (TPSA) is 87.5 Å². The lowest BCUT2D eigenvalue weighted by molar-refractivity contribution is 0.0339. The smallest absolute Gasteiger partial charge is 0.134 e. The molecule has 0 bridgehead atoms. The predicted molar refractivity (Wildman–Crippen MR) is 127 cm³/mol. The fourth-order valence-corrected chi connectivity index (χ4v) is 4.45. The van der Waals surface area contributed by atoms with Crippen molar-refractivity contribution >= 4 is 17.1 Å². The number of benzene rings is 2. The summed E-state index contributed by atoms with van der Waals surface area (Å²) in [6.45, 7) is 6.61. The molecule has 4 heterocycles. The second kappa shape index (κ2) is 8.76. The van der Waals surface area contributed by atoms with Crippen LogP contribution in [0.5, 0.6) is 0 Å². The highest BCUT2D eigenvalue weighted by molar-refractivity contribution is 5.91. The molecule has 6 rings (SSSR count). The average Bonchev–Trinajstić information content (AvgIpc) is 3.63. The first kappa shape index (κ1) is 20.1. The van der Waals surface area contributed by atoms with Crippen LogP contribution in [0, 0.1) is 0 Å². The van der Waals surface area contributed by atoms with E-state index in [1.165, 1.54) is 5.56 Å². The normalized spacial score (nSPS) is 19.0. The molecule has 0 radical (unpaired) electrons. The number of para-hydroxylation sites is 1. The minimum Gasteiger partial charge on any atom is -0.379 e. The van der Waals surface area contributed by atoms with Gasteiger partial charge < -0.3 is 4.74 Å². The van der Waals surface area contributed by atoms with E-state index >= 15 is 0 Å². The number of morpholine rings is 1. The Balaban J connectivity index is 1.10. The van der Waals surface area contributed by atoms with Crippen molar-refractivity contribution in [1.29, 1.82) is 0 Å². The molecule has 0 aliphatic carbocycles. The number of nitrogens with zero attached hydrogens (tertiary/aromatic N) is 7. The second-order valence-electron chi connectivity index (χ2n) is 8.50. The van der Waals surface area contributed by atoms with Crippen molar-refractivity contribution in [3.05, 3.63) is 60.3 Å².